The number of anilines is 2. The number of thiocarbonyl (C=S) groups is 4. The van der Waals surface area contributed by atoms with Crippen molar-refractivity contribution in [1.29, 1.82) is 21.6 Å². The topological polar surface area (TPSA) is 166 Å². The maximum Gasteiger partial charge on any atom is 0.119 e. The first-order valence-corrected chi connectivity index (χ1v) is 13.4. The van der Waals surface area contributed by atoms with Gasteiger partial charge in [-0.1, -0.05) is 60.7 Å². The molecule has 0 atom stereocenters. The van der Waals surface area contributed by atoms with Crippen LogP contribution in [0.1, 0.15) is 11.1 Å². The number of isothiocyanates is 4. The zero-order valence-electron chi connectivity index (χ0n) is 23.7. The Balaban J connectivity index is -0.000000478. The molecule has 0 aromatic heterocycles. The van der Waals surface area contributed by atoms with Crippen LogP contribution in [0.3, 0.4) is 0 Å². The summed E-state index contributed by atoms with van der Waals surface area (Å²) in [6.45, 7) is 0. The average Bonchev–Trinajstić information content (AvgIpc) is 3.01. The average molecular weight is 651 g/mol. The molecule has 0 saturated heterocycles. The van der Waals surface area contributed by atoms with Crippen molar-refractivity contribution < 1.29 is 9.47 Å². The summed E-state index contributed by atoms with van der Waals surface area (Å²) in [5.74, 6) is 1.67. The Kier molecular flexibility index (Phi) is 33.3. The summed E-state index contributed by atoms with van der Waals surface area (Å²) in [7, 11) is 3.26. The van der Waals surface area contributed by atoms with Gasteiger partial charge in [0.2, 0.25) is 0 Å². The van der Waals surface area contributed by atoms with Gasteiger partial charge in [-0.25, -0.2) is 21.6 Å². The molecule has 0 aliphatic carbocycles. The molecule has 0 spiro atoms. The van der Waals surface area contributed by atoms with Crippen LogP contribution in [0.25, 0.3) is 0 Å². The molecule has 4 rings (SSSR count). The van der Waals surface area contributed by atoms with Crippen molar-refractivity contribution in [1.82, 2.24) is 0 Å². The zero-order chi connectivity index (χ0) is 33.1. The molecule has 8 N–H and O–H groups in total. The standard InChI is InChI=1S/C13H12.2C7H9NO.4CHNS/c1-3-7-12(8-4-1)11-13-9-5-2-6-10-13;2*1-9-7-4-2-6(8)3-5-7;4*2-1-3/h1-10H,11H2;2*2-5H,8H2,1H3;4*2H. The third-order valence-corrected chi connectivity index (χ3v) is 4.33. The lowest BCUT2D eigenvalue weighted by Crippen LogP contribution is -1.85. The molecule has 0 bridgehead atoms. The van der Waals surface area contributed by atoms with Gasteiger partial charge in [0, 0.05) is 11.4 Å². The molecule has 0 heterocycles. The third-order valence-electron chi connectivity index (χ3n) is 4.33. The molecule has 0 amide bonds. The van der Waals surface area contributed by atoms with E-state index in [1.54, 1.807) is 59.1 Å². The number of hydrogen-bond acceptors (Lipinski definition) is 12. The summed E-state index contributed by atoms with van der Waals surface area (Å²) >= 11 is 15.2. The minimum Gasteiger partial charge on any atom is -0.497 e. The van der Waals surface area contributed by atoms with E-state index in [1.807, 2.05) is 24.3 Å². The number of nitrogen functional groups attached to an aromatic ring is 2. The Morgan fingerprint density at radius 1 is 0.488 bits per heavy atom. The molecule has 224 valence electrons. The molecular formula is C31H34N6O2S4. The molecule has 8 nitrogen and oxygen atoms in total. The van der Waals surface area contributed by atoms with Crippen LogP contribution >= 0.6 is 48.9 Å². The van der Waals surface area contributed by atoms with Gasteiger partial charge in [-0.3, -0.25) is 0 Å². The second kappa shape index (κ2) is 33.5. The summed E-state index contributed by atoms with van der Waals surface area (Å²) in [4.78, 5) is 0. The van der Waals surface area contributed by atoms with Crippen molar-refractivity contribution in [2.75, 3.05) is 25.7 Å². The predicted octanol–water partition coefficient (Wildman–Crippen LogP) is 8.50. The fourth-order valence-electron chi connectivity index (χ4n) is 2.64. The van der Waals surface area contributed by atoms with Crippen LogP contribution in [0, 0.1) is 21.6 Å². The number of benzene rings is 4. The third kappa shape index (κ3) is 30.1. The molecular weight excluding hydrogens is 617 g/mol. The SMILES string of the molecule is COc1ccc(N)cc1.COc1ccc(N)cc1.N=C=S.N=C=S.N=C=S.N=C=S.c1ccc(Cc2ccccc2)cc1. The number of nitrogens with two attached hydrogens (primary N) is 2. The van der Waals surface area contributed by atoms with Crippen molar-refractivity contribution in [2.45, 2.75) is 6.42 Å². The van der Waals surface area contributed by atoms with Crippen LogP contribution < -0.4 is 20.9 Å². The van der Waals surface area contributed by atoms with Gasteiger partial charge in [0.25, 0.3) is 0 Å². The molecule has 0 fully saturated rings. The molecule has 12 heteroatoms. The molecule has 0 unspecified atom stereocenters. The van der Waals surface area contributed by atoms with Crippen LogP contribution in [0.2, 0.25) is 0 Å². The van der Waals surface area contributed by atoms with E-state index >= 15 is 0 Å². The first kappa shape index (κ1) is 42.7. The molecule has 0 radical (unpaired) electrons. The van der Waals surface area contributed by atoms with Crippen LogP contribution in [-0.2, 0) is 6.42 Å². The van der Waals surface area contributed by atoms with Gasteiger partial charge < -0.3 is 20.9 Å². The second-order valence-corrected chi connectivity index (χ2v) is 7.92. The number of methoxy groups -OCH3 is 2. The van der Waals surface area contributed by atoms with Crippen LogP contribution in [-0.4, -0.2) is 34.9 Å². The van der Waals surface area contributed by atoms with Gasteiger partial charge in [0.05, 0.1) is 34.9 Å². The molecule has 0 aliphatic heterocycles. The summed E-state index contributed by atoms with van der Waals surface area (Å²) < 4.78 is 9.83. The van der Waals surface area contributed by atoms with Gasteiger partial charge in [-0.15, -0.1) is 0 Å². The molecule has 43 heavy (non-hydrogen) atoms. The van der Waals surface area contributed by atoms with Gasteiger partial charge >= 0.3 is 0 Å². The number of rotatable bonds is 4. The Morgan fingerprint density at radius 3 is 0.930 bits per heavy atom. The Morgan fingerprint density at radius 2 is 0.721 bits per heavy atom. The lowest BCUT2D eigenvalue weighted by atomic mass is 10.1. The van der Waals surface area contributed by atoms with Crippen molar-refractivity contribution in [3.63, 3.8) is 0 Å². The Hall–Kier alpha value is -4.72. The van der Waals surface area contributed by atoms with Gasteiger partial charge in [0.15, 0.2) is 0 Å². The van der Waals surface area contributed by atoms with Crippen molar-refractivity contribution in [3.8, 4) is 11.5 Å². The largest absolute Gasteiger partial charge is 0.497 e. The van der Waals surface area contributed by atoms with E-state index in [0.717, 1.165) is 29.3 Å². The maximum absolute atomic E-state index is 5.77. The van der Waals surface area contributed by atoms with Crippen molar-refractivity contribution in [2.24, 2.45) is 0 Å². The van der Waals surface area contributed by atoms with E-state index in [4.69, 9.17) is 42.6 Å². The second-order valence-electron chi connectivity index (χ2n) is 7.10. The van der Waals surface area contributed by atoms with E-state index in [2.05, 4.69) is 110 Å². The smallest absolute Gasteiger partial charge is 0.119 e. The van der Waals surface area contributed by atoms with E-state index in [1.165, 1.54) is 11.1 Å². The Labute approximate surface area is 274 Å². The van der Waals surface area contributed by atoms with Gasteiger partial charge in [-0.05, 0) is 115 Å². The van der Waals surface area contributed by atoms with Crippen molar-refractivity contribution >= 4 is 80.9 Å². The molecule has 4 aromatic rings. The Bertz CT molecular complexity index is 1220. The van der Waals surface area contributed by atoms with E-state index < -0.39 is 0 Å². The van der Waals surface area contributed by atoms with Crippen molar-refractivity contribution in [3.05, 3.63) is 120 Å². The van der Waals surface area contributed by atoms with E-state index in [9.17, 15) is 0 Å². The monoisotopic (exact) mass is 650 g/mol. The molecule has 4 aromatic carbocycles. The van der Waals surface area contributed by atoms with Crippen LogP contribution in [0.4, 0.5) is 11.4 Å². The summed E-state index contributed by atoms with van der Waals surface area (Å²) in [5, 5.41) is 29.4. The van der Waals surface area contributed by atoms with Gasteiger partial charge in [-0.2, -0.15) is 0 Å². The van der Waals surface area contributed by atoms with Gasteiger partial charge in [0.1, 0.15) is 11.5 Å². The summed E-state index contributed by atoms with van der Waals surface area (Å²) in [5.41, 5.74) is 15.1. The maximum atomic E-state index is 5.77. The first-order chi connectivity index (χ1) is 20.8. The first-order valence-electron chi connectivity index (χ1n) is 11.8. The number of ether oxygens (including phenoxy) is 2. The zero-order valence-corrected chi connectivity index (χ0v) is 27.0. The minimum absolute atomic E-state index is 0.760. The highest BCUT2D eigenvalue weighted by molar-refractivity contribution is 7.78. The van der Waals surface area contributed by atoms with Crippen LogP contribution in [0.5, 0.6) is 11.5 Å². The lowest BCUT2D eigenvalue weighted by molar-refractivity contribution is 0.415. The summed E-state index contributed by atoms with van der Waals surface area (Å²) in [6, 6.07) is 35.6. The summed E-state index contributed by atoms with van der Waals surface area (Å²) in [6.07, 6.45) is 1.03. The highest BCUT2D eigenvalue weighted by Crippen LogP contribution is 2.12. The minimum atomic E-state index is 0.760. The fraction of sp³-hybridized carbons (Fsp3) is 0.0968. The number of hydrogen-bond donors (Lipinski definition) is 6. The highest BCUT2D eigenvalue weighted by Gasteiger charge is 1.92. The fourth-order valence-corrected chi connectivity index (χ4v) is 2.64. The highest BCUT2D eigenvalue weighted by atomic mass is 32.1. The molecule has 0 aliphatic rings. The predicted molar refractivity (Wildman–Crippen MR) is 192 cm³/mol. The number of nitrogens with one attached hydrogen (secondary N) is 4. The lowest BCUT2D eigenvalue weighted by Gasteiger charge is -2.00. The quantitative estimate of drug-likeness (QED) is 0.0726. The molecule has 0 saturated carbocycles. The van der Waals surface area contributed by atoms with E-state index in [0.29, 0.717) is 0 Å². The van der Waals surface area contributed by atoms with Crippen LogP contribution in [0.15, 0.2) is 109 Å². The van der Waals surface area contributed by atoms with E-state index in [-0.39, 0.29) is 0 Å². The normalized spacial score (nSPS) is 7.49.